The third kappa shape index (κ3) is 2.22. The Morgan fingerprint density at radius 2 is 1.73 bits per heavy atom. The summed E-state index contributed by atoms with van der Waals surface area (Å²) in [5, 5.41) is 19.5. The summed E-state index contributed by atoms with van der Waals surface area (Å²) in [5.41, 5.74) is 0.244. The lowest BCUT2D eigenvalue weighted by atomic mass is 10.0. The fourth-order valence-corrected chi connectivity index (χ4v) is 2.18. The number of hydrogen-bond acceptors (Lipinski definition) is 5. The summed E-state index contributed by atoms with van der Waals surface area (Å²) in [6, 6.07) is 10.9. The van der Waals surface area contributed by atoms with E-state index in [4.69, 9.17) is 4.42 Å². The first kappa shape index (κ1) is 13.9. The van der Waals surface area contributed by atoms with E-state index < -0.39 is 22.9 Å². The second-order valence-corrected chi connectivity index (χ2v) is 4.99. The van der Waals surface area contributed by atoms with Crippen LogP contribution in [0.15, 0.2) is 51.7 Å². The van der Waals surface area contributed by atoms with E-state index >= 15 is 0 Å². The Balaban J connectivity index is 2.17. The molecule has 22 heavy (non-hydrogen) atoms. The Bertz CT molecular complexity index is 936. The van der Waals surface area contributed by atoms with Crippen molar-refractivity contribution in [3.05, 3.63) is 69.6 Å². The molecule has 0 aliphatic heterocycles. The molecule has 0 saturated heterocycles. The Kier molecular flexibility index (Phi) is 3.18. The van der Waals surface area contributed by atoms with Gasteiger partial charge in [-0.1, -0.05) is 29.8 Å². The van der Waals surface area contributed by atoms with E-state index in [1.807, 2.05) is 6.92 Å². The number of phenolic OH excluding ortho intramolecular Hbond substituents is 2. The summed E-state index contributed by atoms with van der Waals surface area (Å²) in [5.74, 6) is -1.37. The zero-order valence-corrected chi connectivity index (χ0v) is 11.7. The minimum absolute atomic E-state index is 0.124. The molecule has 1 heterocycles. The van der Waals surface area contributed by atoms with Gasteiger partial charge in [0.25, 0.3) is 0 Å². The highest BCUT2D eigenvalue weighted by atomic mass is 16.4. The van der Waals surface area contributed by atoms with Gasteiger partial charge in [0.15, 0.2) is 17.1 Å². The van der Waals surface area contributed by atoms with Gasteiger partial charge in [-0.25, -0.2) is 4.79 Å². The Morgan fingerprint density at radius 3 is 2.41 bits per heavy atom. The third-order valence-electron chi connectivity index (χ3n) is 3.41. The van der Waals surface area contributed by atoms with E-state index in [0.29, 0.717) is 10.9 Å². The van der Waals surface area contributed by atoms with Gasteiger partial charge in [-0.05, 0) is 25.1 Å². The molecule has 0 bridgehead atoms. The van der Waals surface area contributed by atoms with Crippen LogP contribution in [0.25, 0.3) is 11.0 Å². The molecule has 110 valence electrons. The van der Waals surface area contributed by atoms with Crippen molar-refractivity contribution < 1.29 is 19.4 Å². The van der Waals surface area contributed by atoms with Gasteiger partial charge in [0.05, 0.1) is 0 Å². The van der Waals surface area contributed by atoms with Gasteiger partial charge in [0.2, 0.25) is 5.75 Å². The molecular formula is C17H12O5. The average Bonchev–Trinajstić information content (AvgIpc) is 2.51. The molecule has 0 atom stereocenters. The molecule has 2 aromatic carbocycles. The molecule has 0 aliphatic carbocycles. The standard InChI is InChI=1S/C17H12O5/c1-9-2-4-10(5-3-9)14(19)12-8-11-6-7-13(18)15(20)16(11)22-17(12)21/h2-8,18,20H,1H3. The summed E-state index contributed by atoms with van der Waals surface area (Å²) >= 11 is 0. The molecule has 1 aromatic heterocycles. The third-order valence-corrected chi connectivity index (χ3v) is 3.41. The number of hydrogen-bond donors (Lipinski definition) is 2. The molecule has 5 nitrogen and oxygen atoms in total. The highest BCUT2D eigenvalue weighted by Gasteiger charge is 2.17. The van der Waals surface area contributed by atoms with Gasteiger partial charge in [-0.3, -0.25) is 4.79 Å². The van der Waals surface area contributed by atoms with Crippen LogP contribution in [0.5, 0.6) is 11.5 Å². The van der Waals surface area contributed by atoms with Gasteiger partial charge in [0.1, 0.15) is 5.56 Å². The number of phenols is 2. The normalized spacial score (nSPS) is 10.8. The number of ketones is 1. The fourth-order valence-electron chi connectivity index (χ4n) is 2.18. The topological polar surface area (TPSA) is 87.7 Å². The van der Waals surface area contributed by atoms with E-state index in [9.17, 15) is 19.8 Å². The van der Waals surface area contributed by atoms with E-state index in [2.05, 4.69) is 0 Å². The van der Waals surface area contributed by atoms with Gasteiger partial charge in [-0.2, -0.15) is 0 Å². The lowest BCUT2D eigenvalue weighted by Gasteiger charge is -2.05. The number of benzene rings is 2. The molecule has 0 unspecified atom stereocenters. The molecule has 3 aromatic rings. The lowest BCUT2D eigenvalue weighted by Crippen LogP contribution is -2.14. The van der Waals surface area contributed by atoms with Crippen molar-refractivity contribution in [2.75, 3.05) is 0 Å². The first-order chi connectivity index (χ1) is 10.5. The number of carbonyl (C=O) groups is 1. The molecule has 0 fully saturated rings. The molecule has 0 aliphatic rings. The number of rotatable bonds is 2. The van der Waals surface area contributed by atoms with Gasteiger partial charge in [-0.15, -0.1) is 0 Å². The molecule has 5 heteroatoms. The second-order valence-electron chi connectivity index (χ2n) is 4.99. The van der Waals surface area contributed by atoms with Crippen LogP contribution in [0, 0.1) is 6.92 Å². The molecule has 0 radical (unpaired) electrons. The molecule has 0 saturated carbocycles. The Hall–Kier alpha value is -3.08. The highest BCUT2D eigenvalue weighted by molar-refractivity contribution is 6.10. The number of carbonyl (C=O) groups excluding carboxylic acids is 1. The van der Waals surface area contributed by atoms with Crippen LogP contribution in [0.1, 0.15) is 21.5 Å². The maximum atomic E-state index is 12.4. The van der Waals surface area contributed by atoms with Crippen LogP contribution in [0.3, 0.4) is 0 Å². The van der Waals surface area contributed by atoms with Gasteiger partial charge in [0, 0.05) is 10.9 Å². The van der Waals surface area contributed by atoms with Gasteiger partial charge < -0.3 is 14.6 Å². The van der Waals surface area contributed by atoms with Crippen LogP contribution in [0.2, 0.25) is 0 Å². The Morgan fingerprint density at radius 1 is 1.05 bits per heavy atom. The van der Waals surface area contributed by atoms with Gasteiger partial charge >= 0.3 is 5.63 Å². The monoisotopic (exact) mass is 296 g/mol. The SMILES string of the molecule is Cc1ccc(C(=O)c2cc3ccc(O)c(O)c3oc2=O)cc1. The van der Waals surface area contributed by atoms with Crippen LogP contribution in [0.4, 0.5) is 0 Å². The highest BCUT2D eigenvalue weighted by Crippen LogP contribution is 2.32. The minimum Gasteiger partial charge on any atom is -0.504 e. The lowest BCUT2D eigenvalue weighted by molar-refractivity contribution is 0.103. The van der Waals surface area contributed by atoms with Crippen molar-refractivity contribution in [2.45, 2.75) is 6.92 Å². The quantitative estimate of drug-likeness (QED) is 0.431. The summed E-state index contributed by atoms with van der Waals surface area (Å²) in [6.45, 7) is 1.90. The van der Waals surface area contributed by atoms with Crippen molar-refractivity contribution in [3.63, 3.8) is 0 Å². The second kappa shape index (κ2) is 5.04. The van der Waals surface area contributed by atoms with Crippen LogP contribution in [-0.4, -0.2) is 16.0 Å². The first-order valence-electron chi connectivity index (χ1n) is 6.57. The van der Waals surface area contributed by atoms with E-state index in [1.54, 1.807) is 24.3 Å². The van der Waals surface area contributed by atoms with E-state index in [0.717, 1.165) is 5.56 Å². The molecule has 3 rings (SSSR count). The predicted molar refractivity (Wildman–Crippen MR) is 80.4 cm³/mol. The van der Waals surface area contributed by atoms with Crippen molar-refractivity contribution in [2.24, 2.45) is 0 Å². The molecule has 2 N–H and O–H groups in total. The van der Waals surface area contributed by atoms with Crippen LogP contribution >= 0.6 is 0 Å². The zero-order valence-electron chi connectivity index (χ0n) is 11.7. The first-order valence-corrected chi connectivity index (χ1v) is 6.57. The maximum Gasteiger partial charge on any atom is 0.347 e. The number of aryl methyl sites for hydroxylation is 1. The number of aromatic hydroxyl groups is 2. The molecule has 0 amide bonds. The largest absolute Gasteiger partial charge is 0.504 e. The van der Waals surface area contributed by atoms with E-state index in [1.165, 1.54) is 18.2 Å². The minimum atomic E-state index is -0.862. The summed E-state index contributed by atoms with van der Waals surface area (Å²) < 4.78 is 4.98. The number of fused-ring (bicyclic) bond motifs is 1. The summed E-state index contributed by atoms with van der Waals surface area (Å²) in [6.07, 6.45) is 0. The van der Waals surface area contributed by atoms with Crippen molar-refractivity contribution in [1.29, 1.82) is 0 Å². The fraction of sp³-hybridized carbons (Fsp3) is 0.0588. The van der Waals surface area contributed by atoms with Crippen LogP contribution in [-0.2, 0) is 0 Å². The zero-order chi connectivity index (χ0) is 15.9. The smallest absolute Gasteiger partial charge is 0.347 e. The summed E-state index contributed by atoms with van der Waals surface area (Å²) in [4.78, 5) is 24.4. The predicted octanol–water partition coefficient (Wildman–Crippen LogP) is 2.74. The van der Waals surface area contributed by atoms with Crippen molar-refractivity contribution in [3.8, 4) is 11.5 Å². The molecular weight excluding hydrogens is 284 g/mol. The molecule has 0 spiro atoms. The van der Waals surface area contributed by atoms with E-state index in [-0.39, 0.29) is 11.1 Å². The Labute approximate surface area is 125 Å². The van der Waals surface area contributed by atoms with Crippen molar-refractivity contribution in [1.82, 2.24) is 0 Å². The summed E-state index contributed by atoms with van der Waals surface area (Å²) in [7, 11) is 0. The average molecular weight is 296 g/mol. The van der Waals surface area contributed by atoms with Crippen LogP contribution < -0.4 is 5.63 Å². The van der Waals surface area contributed by atoms with Crippen molar-refractivity contribution >= 4 is 16.8 Å². The maximum absolute atomic E-state index is 12.4.